The minimum absolute atomic E-state index is 0.00337. The van der Waals surface area contributed by atoms with Crippen LogP contribution in [-0.4, -0.2) is 14.3 Å². The van der Waals surface area contributed by atoms with Gasteiger partial charge in [0.15, 0.2) is 0 Å². The Labute approximate surface area is 148 Å². The molecule has 2 aromatic rings. The maximum Gasteiger partial charge on any atom is 0.261 e. The first-order valence-electron chi connectivity index (χ1n) is 8.27. The van der Waals surface area contributed by atoms with Gasteiger partial charge in [0.2, 0.25) is 5.91 Å². The number of nitrogens with one attached hydrogen (secondary N) is 2. The first kappa shape index (κ1) is 17.5. The van der Waals surface area contributed by atoms with Crippen molar-refractivity contribution >= 4 is 27.3 Å². The van der Waals surface area contributed by atoms with E-state index in [0.717, 1.165) is 17.5 Å². The lowest BCUT2D eigenvalue weighted by atomic mass is 10.1. The molecule has 0 aliphatic heterocycles. The molecule has 0 heterocycles. The van der Waals surface area contributed by atoms with E-state index in [0.29, 0.717) is 17.3 Å². The lowest BCUT2D eigenvalue weighted by Crippen LogP contribution is -2.15. The van der Waals surface area contributed by atoms with Crippen molar-refractivity contribution in [3.8, 4) is 0 Å². The van der Waals surface area contributed by atoms with Crippen molar-refractivity contribution in [2.75, 3.05) is 10.0 Å². The second-order valence-corrected chi connectivity index (χ2v) is 8.42. The molecule has 5 nitrogen and oxygen atoms in total. The molecule has 0 aromatic heterocycles. The summed E-state index contributed by atoms with van der Waals surface area (Å²) in [5.74, 6) is 0.507. The minimum Gasteiger partial charge on any atom is -0.326 e. The van der Waals surface area contributed by atoms with Crippen LogP contribution < -0.4 is 10.0 Å². The van der Waals surface area contributed by atoms with Gasteiger partial charge in [0.05, 0.1) is 4.90 Å². The van der Waals surface area contributed by atoms with Gasteiger partial charge in [-0.05, 0) is 73.7 Å². The maximum atomic E-state index is 12.5. The molecule has 2 N–H and O–H groups in total. The van der Waals surface area contributed by atoms with Crippen molar-refractivity contribution in [3.05, 3.63) is 53.6 Å². The van der Waals surface area contributed by atoms with Gasteiger partial charge in [-0.3, -0.25) is 9.52 Å². The highest BCUT2D eigenvalue weighted by atomic mass is 32.2. The molecule has 1 aliphatic rings. The van der Waals surface area contributed by atoms with Gasteiger partial charge in [0.1, 0.15) is 0 Å². The number of hydrogen-bond donors (Lipinski definition) is 2. The first-order valence-corrected chi connectivity index (χ1v) is 9.75. The van der Waals surface area contributed by atoms with Crippen LogP contribution >= 0.6 is 0 Å². The molecule has 2 atom stereocenters. The molecule has 0 saturated heterocycles. The fraction of sp³-hybridized carbons (Fsp3) is 0.316. The van der Waals surface area contributed by atoms with Gasteiger partial charge >= 0.3 is 0 Å². The summed E-state index contributed by atoms with van der Waals surface area (Å²) < 4.78 is 27.6. The van der Waals surface area contributed by atoms with Crippen LogP contribution in [0.3, 0.4) is 0 Å². The molecule has 1 amide bonds. The van der Waals surface area contributed by atoms with Gasteiger partial charge in [-0.15, -0.1) is 0 Å². The average Bonchev–Trinajstić information content (AvgIpc) is 3.28. The Kier molecular flexibility index (Phi) is 4.56. The molecular weight excluding hydrogens is 336 g/mol. The van der Waals surface area contributed by atoms with E-state index in [-0.39, 0.29) is 16.7 Å². The highest BCUT2D eigenvalue weighted by molar-refractivity contribution is 7.92. The second-order valence-electron chi connectivity index (χ2n) is 6.74. The molecule has 6 heteroatoms. The van der Waals surface area contributed by atoms with E-state index < -0.39 is 10.0 Å². The summed E-state index contributed by atoms with van der Waals surface area (Å²) in [7, 11) is -3.66. The summed E-state index contributed by atoms with van der Waals surface area (Å²) in [4.78, 5) is 12.1. The SMILES string of the molecule is Cc1ccc(NS(=O)(=O)c2ccc(NC(=O)[C@H]3C[C@@H]3C)cc2)cc1C. The molecule has 132 valence electrons. The summed E-state index contributed by atoms with van der Waals surface area (Å²) in [5.41, 5.74) is 3.26. The summed E-state index contributed by atoms with van der Waals surface area (Å²) in [6, 6.07) is 11.6. The van der Waals surface area contributed by atoms with E-state index in [1.54, 1.807) is 24.3 Å². The fourth-order valence-corrected chi connectivity index (χ4v) is 3.71. The van der Waals surface area contributed by atoms with Crippen LogP contribution in [0, 0.1) is 25.7 Å². The van der Waals surface area contributed by atoms with Crippen LogP contribution in [0.4, 0.5) is 11.4 Å². The van der Waals surface area contributed by atoms with E-state index in [4.69, 9.17) is 0 Å². The zero-order valence-electron chi connectivity index (χ0n) is 14.5. The molecule has 0 bridgehead atoms. The van der Waals surface area contributed by atoms with Crippen LogP contribution in [0.2, 0.25) is 0 Å². The minimum atomic E-state index is -3.66. The Morgan fingerprint density at radius 3 is 2.16 bits per heavy atom. The van der Waals surface area contributed by atoms with E-state index in [9.17, 15) is 13.2 Å². The third-order valence-electron chi connectivity index (χ3n) is 4.64. The normalized spacial score (nSPS) is 19.3. The molecule has 2 aromatic carbocycles. The standard InChI is InChI=1S/C19H22N2O3S/c1-12-4-5-16(10-13(12)2)21-25(23,24)17-8-6-15(7-9-17)20-19(22)18-11-14(18)3/h4-10,14,18,21H,11H2,1-3H3,(H,20,22)/t14-,18-/m0/s1. The number of benzene rings is 2. The Bertz CT molecular complexity index is 905. The average molecular weight is 358 g/mol. The Hall–Kier alpha value is -2.34. The Balaban J connectivity index is 1.71. The molecule has 0 spiro atoms. The van der Waals surface area contributed by atoms with Crippen LogP contribution in [0.25, 0.3) is 0 Å². The van der Waals surface area contributed by atoms with Crippen LogP contribution in [-0.2, 0) is 14.8 Å². The molecule has 0 unspecified atom stereocenters. The number of rotatable bonds is 5. The molecular formula is C19H22N2O3S. The smallest absolute Gasteiger partial charge is 0.261 e. The number of aryl methyl sites for hydroxylation is 2. The summed E-state index contributed by atoms with van der Waals surface area (Å²) >= 11 is 0. The third-order valence-corrected chi connectivity index (χ3v) is 6.03. The van der Waals surface area contributed by atoms with Gasteiger partial charge in [-0.2, -0.15) is 0 Å². The lowest BCUT2D eigenvalue weighted by Gasteiger charge is -2.11. The van der Waals surface area contributed by atoms with Gasteiger partial charge in [-0.25, -0.2) is 8.42 Å². The zero-order valence-corrected chi connectivity index (χ0v) is 15.4. The Morgan fingerprint density at radius 2 is 1.60 bits per heavy atom. The zero-order chi connectivity index (χ0) is 18.2. The second kappa shape index (κ2) is 6.52. The molecule has 1 aliphatic carbocycles. The topological polar surface area (TPSA) is 75.3 Å². The molecule has 3 rings (SSSR count). The first-order chi connectivity index (χ1) is 11.8. The molecule has 1 saturated carbocycles. The van der Waals surface area contributed by atoms with Gasteiger partial charge < -0.3 is 5.32 Å². The highest BCUT2D eigenvalue weighted by Gasteiger charge is 2.39. The predicted octanol–water partition coefficient (Wildman–Crippen LogP) is 3.70. The van der Waals surface area contributed by atoms with Crippen molar-refractivity contribution in [2.24, 2.45) is 11.8 Å². The van der Waals surface area contributed by atoms with Gasteiger partial charge in [0.25, 0.3) is 10.0 Å². The highest BCUT2D eigenvalue weighted by Crippen LogP contribution is 2.38. The van der Waals surface area contributed by atoms with Gasteiger partial charge in [-0.1, -0.05) is 13.0 Å². The van der Waals surface area contributed by atoms with E-state index in [1.807, 2.05) is 26.8 Å². The number of sulfonamides is 1. The van der Waals surface area contributed by atoms with Gasteiger partial charge in [0, 0.05) is 17.3 Å². The van der Waals surface area contributed by atoms with Crippen molar-refractivity contribution in [2.45, 2.75) is 32.1 Å². The summed E-state index contributed by atoms with van der Waals surface area (Å²) in [6.07, 6.45) is 0.915. The van der Waals surface area contributed by atoms with Crippen molar-refractivity contribution < 1.29 is 13.2 Å². The fourth-order valence-electron chi connectivity index (χ4n) is 2.66. The number of hydrogen-bond acceptors (Lipinski definition) is 3. The number of carbonyl (C=O) groups excluding carboxylic acids is 1. The summed E-state index contributed by atoms with van der Waals surface area (Å²) in [6.45, 7) is 5.95. The monoisotopic (exact) mass is 358 g/mol. The van der Waals surface area contributed by atoms with E-state index in [2.05, 4.69) is 10.0 Å². The lowest BCUT2D eigenvalue weighted by molar-refractivity contribution is -0.117. The number of carbonyl (C=O) groups is 1. The predicted molar refractivity (Wildman–Crippen MR) is 99.1 cm³/mol. The van der Waals surface area contributed by atoms with E-state index >= 15 is 0 Å². The Morgan fingerprint density at radius 1 is 1.00 bits per heavy atom. The number of amides is 1. The van der Waals surface area contributed by atoms with Crippen LogP contribution in [0.5, 0.6) is 0 Å². The van der Waals surface area contributed by atoms with Crippen molar-refractivity contribution in [1.29, 1.82) is 0 Å². The maximum absolute atomic E-state index is 12.5. The van der Waals surface area contributed by atoms with Crippen LogP contribution in [0.1, 0.15) is 24.5 Å². The molecule has 25 heavy (non-hydrogen) atoms. The van der Waals surface area contributed by atoms with Crippen molar-refractivity contribution in [3.63, 3.8) is 0 Å². The molecule has 0 radical (unpaired) electrons. The summed E-state index contributed by atoms with van der Waals surface area (Å²) in [5, 5.41) is 2.82. The largest absolute Gasteiger partial charge is 0.326 e. The third kappa shape index (κ3) is 4.02. The molecule has 1 fully saturated rings. The number of anilines is 2. The quantitative estimate of drug-likeness (QED) is 0.856. The van der Waals surface area contributed by atoms with E-state index in [1.165, 1.54) is 12.1 Å². The van der Waals surface area contributed by atoms with Crippen LogP contribution in [0.15, 0.2) is 47.4 Å². The van der Waals surface area contributed by atoms with Crippen molar-refractivity contribution in [1.82, 2.24) is 0 Å².